The Bertz CT molecular complexity index is 999. The van der Waals surface area contributed by atoms with Crippen molar-refractivity contribution in [3.8, 4) is 0 Å². The van der Waals surface area contributed by atoms with E-state index in [2.05, 4.69) is 17.0 Å². The lowest BCUT2D eigenvalue weighted by molar-refractivity contribution is 0.0628. The fourth-order valence-corrected chi connectivity index (χ4v) is 4.51. The molecule has 0 aromatic heterocycles. The van der Waals surface area contributed by atoms with Crippen LogP contribution in [0.15, 0.2) is 94.7 Å². The van der Waals surface area contributed by atoms with Crippen LogP contribution in [0.2, 0.25) is 0 Å². The van der Waals surface area contributed by atoms with E-state index in [-0.39, 0.29) is 11.7 Å². The monoisotopic (exact) mass is 430 g/mol. The summed E-state index contributed by atoms with van der Waals surface area (Å²) >= 11 is 1.69. The molecule has 5 heteroatoms. The van der Waals surface area contributed by atoms with Crippen LogP contribution >= 0.6 is 11.8 Å². The number of rotatable bonds is 7. The summed E-state index contributed by atoms with van der Waals surface area (Å²) in [7, 11) is 0. The van der Waals surface area contributed by atoms with Crippen molar-refractivity contribution in [1.82, 2.24) is 9.80 Å². The number of benzene rings is 3. The Morgan fingerprint density at radius 2 is 1.26 bits per heavy atom. The van der Waals surface area contributed by atoms with Crippen LogP contribution in [0.5, 0.6) is 0 Å². The molecule has 0 unspecified atom stereocenters. The molecule has 3 aromatic rings. The van der Waals surface area contributed by atoms with Crippen molar-refractivity contribution in [2.24, 2.45) is 0 Å². The maximum absolute atomic E-state index is 12.6. The van der Waals surface area contributed by atoms with Crippen LogP contribution in [0, 0.1) is 0 Å². The molecular formula is C26H26N2O2S. The van der Waals surface area contributed by atoms with E-state index < -0.39 is 0 Å². The summed E-state index contributed by atoms with van der Waals surface area (Å²) in [6.45, 7) is 3.74. The molecule has 1 aliphatic rings. The van der Waals surface area contributed by atoms with Gasteiger partial charge < -0.3 is 4.90 Å². The van der Waals surface area contributed by atoms with E-state index in [1.54, 1.807) is 11.8 Å². The maximum atomic E-state index is 12.6. The van der Waals surface area contributed by atoms with Crippen molar-refractivity contribution in [2.75, 3.05) is 32.7 Å². The highest BCUT2D eigenvalue weighted by atomic mass is 32.2. The summed E-state index contributed by atoms with van der Waals surface area (Å²) in [5.41, 5.74) is 1.50. The molecule has 3 aromatic carbocycles. The number of hydrogen-bond acceptors (Lipinski definition) is 4. The van der Waals surface area contributed by atoms with Crippen LogP contribution in [-0.2, 0) is 0 Å². The molecule has 1 amide bonds. The number of amides is 1. The second-order valence-electron chi connectivity index (χ2n) is 7.61. The summed E-state index contributed by atoms with van der Waals surface area (Å²) in [5.74, 6) is 0.254. The van der Waals surface area contributed by atoms with Gasteiger partial charge in [0.2, 0.25) is 0 Å². The Balaban J connectivity index is 1.23. The number of ketones is 1. The van der Waals surface area contributed by atoms with Crippen LogP contribution in [0.25, 0.3) is 0 Å². The zero-order chi connectivity index (χ0) is 21.5. The molecule has 0 aliphatic carbocycles. The fraction of sp³-hybridized carbons (Fsp3) is 0.231. The lowest BCUT2D eigenvalue weighted by Gasteiger charge is -2.34. The molecule has 1 saturated heterocycles. The van der Waals surface area contributed by atoms with E-state index in [1.807, 2.05) is 77.7 Å². The largest absolute Gasteiger partial charge is 0.336 e. The van der Waals surface area contributed by atoms with Gasteiger partial charge in [0.1, 0.15) is 0 Å². The molecular weight excluding hydrogens is 404 g/mol. The lowest BCUT2D eigenvalue weighted by atomic mass is 10.1. The molecule has 0 atom stereocenters. The molecule has 4 rings (SSSR count). The van der Waals surface area contributed by atoms with Gasteiger partial charge in [-0.2, -0.15) is 0 Å². The average Bonchev–Trinajstić information content (AvgIpc) is 2.84. The third-order valence-corrected chi connectivity index (χ3v) is 6.51. The second-order valence-corrected chi connectivity index (χ2v) is 8.76. The van der Waals surface area contributed by atoms with E-state index in [4.69, 9.17) is 0 Å². The fourth-order valence-electron chi connectivity index (χ4n) is 3.68. The minimum atomic E-state index is 0.0878. The molecule has 158 valence electrons. The van der Waals surface area contributed by atoms with Gasteiger partial charge in [0.05, 0.1) is 0 Å². The van der Waals surface area contributed by atoms with Crippen LogP contribution in [-0.4, -0.2) is 54.2 Å². The number of nitrogens with zero attached hydrogens (tertiary/aromatic N) is 2. The van der Waals surface area contributed by atoms with Crippen molar-refractivity contribution >= 4 is 23.5 Å². The summed E-state index contributed by atoms with van der Waals surface area (Å²) in [6, 6.07) is 27.5. The quantitative estimate of drug-likeness (QED) is 0.502. The molecule has 1 heterocycles. The van der Waals surface area contributed by atoms with Gasteiger partial charge in [-0.3, -0.25) is 14.5 Å². The van der Waals surface area contributed by atoms with Crippen molar-refractivity contribution in [3.05, 3.63) is 96.1 Å². The SMILES string of the molecule is O=C(CCN1CCN(C(=O)c2ccccc2)CC1)c1ccc(Sc2ccccc2)cc1. The van der Waals surface area contributed by atoms with Gasteiger partial charge in [-0.1, -0.05) is 60.3 Å². The zero-order valence-electron chi connectivity index (χ0n) is 17.4. The van der Waals surface area contributed by atoms with E-state index in [1.165, 1.54) is 4.90 Å². The van der Waals surface area contributed by atoms with E-state index in [9.17, 15) is 9.59 Å². The summed E-state index contributed by atoms with van der Waals surface area (Å²) in [4.78, 5) is 31.7. The highest BCUT2D eigenvalue weighted by Gasteiger charge is 2.22. The van der Waals surface area contributed by atoms with E-state index in [0.717, 1.165) is 35.7 Å². The third kappa shape index (κ3) is 5.84. The number of Topliss-reactive ketones (excluding diaryl/α,β-unsaturated/α-hetero) is 1. The topological polar surface area (TPSA) is 40.6 Å². The molecule has 0 bridgehead atoms. The van der Waals surface area contributed by atoms with Gasteiger partial charge in [-0.25, -0.2) is 0 Å². The first kappa shape index (κ1) is 21.3. The second kappa shape index (κ2) is 10.4. The lowest BCUT2D eigenvalue weighted by Crippen LogP contribution is -2.49. The summed E-state index contributed by atoms with van der Waals surface area (Å²) < 4.78 is 0. The molecule has 0 N–H and O–H groups in total. The van der Waals surface area contributed by atoms with Gasteiger partial charge >= 0.3 is 0 Å². The normalized spacial score (nSPS) is 14.4. The van der Waals surface area contributed by atoms with Crippen LogP contribution < -0.4 is 0 Å². The highest BCUT2D eigenvalue weighted by molar-refractivity contribution is 7.99. The Kier molecular flexibility index (Phi) is 7.18. The Labute approximate surface area is 187 Å². The Morgan fingerprint density at radius 3 is 1.90 bits per heavy atom. The van der Waals surface area contributed by atoms with Crippen LogP contribution in [0.4, 0.5) is 0 Å². The van der Waals surface area contributed by atoms with Gasteiger partial charge in [-0.15, -0.1) is 0 Å². The zero-order valence-corrected chi connectivity index (χ0v) is 18.3. The molecule has 4 nitrogen and oxygen atoms in total. The maximum Gasteiger partial charge on any atom is 0.253 e. The predicted molar refractivity (Wildman–Crippen MR) is 125 cm³/mol. The average molecular weight is 431 g/mol. The Hall–Kier alpha value is -2.89. The molecule has 0 spiro atoms. The first-order valence-electron chi connectivity index (χ1n) is 10.6. The number of piperazine rings is 1. The Morgan fingerprint density at radius 1 is 0.677 bits per heavy atom. The molecule has 0 radical (unpaired) electrons. The minimum Gasteiger partial charge on any atom is -0.336 e. The van der Waals surface area contributed by atoms with Crippen molar-refractivity contribution < 1.29 is 9.59 Å². The van der Waals surface area contributed by atoms with Crippen molar-refractivity contribution in [1.29, 1.82) is 0 Å². The van der Waals surface area contributed by atoms with E-state index >= 15 is 0 Å². The standard InChI is InChI=1S/C26H26N2O2S/c29-25(21-11-13-24(14-12-21)31-23-9-5-2-6-10-23)15-16-27-17-19-28(20-18-27)26(30)22-7-3-1-4-8-22/h1-14H,15-20H2. The first-order chi connectivity index (χ1) is 15.2. The number of hydrogen-bond donors (Lipinski definition) is 0. The molecule has 31 heavy (non-hydrogen) atoms. The summed E-state index contributed by atoms with van der Waals surface area (Å²) in [6.07, 6.45) is 0.498. The third-order valence-electron chi connectivity index (χ3n) is 5.49. The van der Waals surface area contributed by atoms with Crippen LogP contribution in [0.1, 0.15) is 27.1 Å². The van der Waals surface area contributed by atoms with Gasteiger partial charge in [0, 0.05) is 60.1 Å². The molecule has 1 aliphatic heterocycles. The van der Waals surface area contributed by atoms with Crippen LogP contribution in [0.3, 0.4) is 0 Å². The smallest absolute Gasteiger partial charge is 0.253 e. The van der Waals surface area contributed by atoms with Gasteiger partial charge in [0.15, 0.2) is 5.78 Å². The minimum absolute atomic E-state index is 0.0878. The first-order valence-corrected chi connectivity index (χ1v) is 11.4. The van der Waals surface area contributed by atoms with E-state index in [0.29, 0.717) is 19.5 Å². The molecule has 1 fully saturated rings. The number of carbonyl (C=O) groups excluding carboxylic acids is 2. The number of carbonyl (C=O) groups is 2. The van der Waals surface area contributed by atoms with Crippen molar-refractivity contribution in [2.45, 2.75) is 16.2 Å². The van der Waals surface area contributed by atoms with Gasteiger partial charge in [0.25, 0.3) is 5.91 Å². The van der Waals surface area contributed by atoms with Gasteiger partial charge in [-0.05, 0) is 36.4 Å². The highest BCUT2D eigenvalue weighted by Crippen LogP contribution is 2.27. The molecule has 0 saturated carbocycles. The van der Waals surface area contributed by atoms with Crippen molar-refractivity contribution in [3.63, 3.8) is 0 Å². The summed E-state index contributed by atoms with van der Waals surface area (Å²) in [5, 5.41) is 0. The predicted octanol–water partition coefficient (Wildman–Crippen LogP) is 4.87.